The third kappa shape index (κ3) is 3.92. The summed E-state index contributed by atoms with van der Waals surface area (Å²) in [5.41, 5.74) is 6.78. The summed E-state index contributed by atoms with van der Waals surface area (Å²) in [5.74, 6) is 0.995. The van der Waals surface area contributed by atoms with Crippen LogP contribution < -0.4 is 4.74 Å². The van der Waals surface area contributed by atoms with E-state index in [4.69, 9.17) is 14.2 Å². The van der Waals surface area contributed by atoms with Gasteiger partial charge in [-0.25, -0.2) is 9.59 Å². The molecule has 3 aliphatic carbocycles. The van der Waals surface area contributed by atoms with E-state index in [1.54, 1.807) is 25.3 Å². The Morgan fingerprint density at radius 2 is 1.38 bits per heavy atom. The number of fused-ring (bicyclic) bond motifs is 7. The molecule has 2 fully saturated rings. The summed E-state index contributed by atoms with van der Waals surface area (Å²) < 4.78 is 17.8. The van der Waals surface area contributed by atoms with Gasteiger partial charge in [-0.3, -0.25) is 0 Å². The van der Waals surface area contributed by atoms with Gasteiger partial charge in [0.2, 0.25) is 0 Å². The van der Waals surface area contributed by atoms with Crippen LogP contribution >= 0.6 is 0 Å². The molecule has 37 heavy (non-hydrogen) atoms. The molecule has 6 rings (SSSR count). The number of esters is 2. The number of carbonyl (C=O) groups excluding carboxylic acids is 2. The van der Waals surface area contributed by atoms with Crippen LogP contribution in [-0.4, -0.2) is 31.3 Å². The second-order valence-electron chi connectivity index (χ2n) is 10.9. The van der Waals surface area contributed by atoms with Crippen LogP contribution in [0.5, 0.6) is 5.75 Å². The molecule has 0 aromatic heterocycles. The Morgan fingerprint density at radius 1 is 0.730 bits per heavy atom. The van der Waals surface area contributed by atoms with E-state index in [1.807, 2.05) is 39.0 Å². The third-order valence-electron chi connectivity index (χ3n) is 8.91. The van der Waals surface area contributed by atoms with Gasteiger partial charge in [0.15, 0.2) is 0 Å². The lowest BCUT2D eigenvalue weighted by Gasteiger charge is -2.37. The van der Waals surface area contributed by atoms with E-state index in [9.17, 15) is 9.59 Å². The highest BCUT2D eigenvalue weighted by atomic mass is 16.6. The Kier molecular flexibility index (Phi) is 5.82. The van der Waals surface area contributed by atoms with Crippen LogP contribution in [0, 0.1) is 38.5 Å². The van der Waals surface area contributed by atoms with Crippen molar-refractivity contribution in [1.82, 2.24) is 0 Å². The highest BCUT2D eigenvalue weighted by Gasteiger charge is 2.63. The molecule has 0 spiro atoms. The van der Waals surface area contributed by atoms with Crippen molar-refractivity contribution in [1.29, 1.82) is 0 Å². The molecule has 2 bridgehead atoms. The molecule has 3 aromatic carbocycles. The molecule has 5 nitrogen and oxygen atoms in total. The van der Waals surface area contributed by atoms with Crippen molar-refractivity contribution >= 4 is 11.9 Å². The standard InChI is InChI=1S/C32H32O5/c1-17-9-10-21(13-18(17)2)31(33)37-30-26-16-25(24-15-20-7-5-6-8-23(20)28(24)26)29(30)36-32(34)22-11-12-27(35-4)19(3)14-22/h5-14,24-26,28-30H,15-16H2,1-4H3/t24?,25?,26?,28?,29-,30+/m1/s1. The molecule has 0 saturated heterocycles. The molecule has 5 heteroatoms. The zero-order valence-corrected chi connectivity index (χ0v) is 21.7. The topological polar surface area (TPSA) is 61.8 Å². The summed E-state index contributed by atoms with van der Waals surface area (Å²) in [5, 5.41) is 0. The SMILES string of the molecule is COc1ccc(C(=O)O[C@@H]2C3CC(C4c5ccccc5CC43)[C@@H]2OC(=O)c2ccc(C)c(C)c2)cc1C. The molecule has 0 heterocycles. The van der Waals surface area contributed by atoms with Gasteiger partial charge in [0, 0.05) is 11.8 Å². The van der Waals surface area contributed by atoms with Crippen molar-refractivity contribution in [2.24, 2.45) is 17.8 Å². The number of hydrogen-bond acceptors (Lipinski definition) is 5. The number of carbonyl (C=O) groups is 2. The van der Waals surface area contributed by atoms with E-state index in [2.05, 4.69) is 24.3 Å². The predicted octanol–water partition coefficient (Wildman–Crippen LogP) is 5.98. The lowest BCUT2D eigenvalue weighted by Crippen LogP contribution is -2.45. The molecule has 190 valence electrons. The van der Waals surface area contributed by atoms with Gasteiger partial charge < -0.3 is 14.2 Å². The summed E-state index contributed by atoms with van der Waals surface area (Å²) in [6, 6.07) is 19.5. The predicted molar refractivity (Wildman–Crippen MR) is 140 cm³/mol. The van der Waals surface area contributed by atoms with Gasteiger partial charge in [-0.1, -0.05) is 30.3 Å². The van der Waals surface area contributed by atoms with Crippen LogP contribution in [0.15, 0.2) is 60.7 Å². The monoisotopic (exact) mass is 496 g/mol. The molecule has 3 aromatic rings. The molecule has 2 saturated carbocycles. The van der Waals surface area contributed by atoms with Crippen molar-refractivity contribution < 1.29 is 23.8 Å². The minimum Gasteiger partial charge on any atom is -0.496 e. The number of rotatable bonds is 5. The number of hydrogen-bond donors (Lipinski definition) is 0. The van der Waals surface area contributed by atoms with Gasteiger partial charge in [0.25, 0.3) is 0 Å². The van der Waals surface area contributed by atoms with Gasteiger partial charge in [-0.05, 0) is 104 Å². The first kappa shape index (κ1) is 23.8. The molecule has 4 unspecified atom stereocenters. The van der Waals surface area contributed by atoms with Crippen LogP contribution in [0.3, 0.4) is 0 Å². The first-order chi connectivity index (χ1) is 17.9. The molecule has 0 aliphatic heterocycles. The maximum Gasteiger partial charge on any atom is 0.338 e. The molecule has 0 radical (unpaired) electrons. The van der Waals surface area contributed by atoms with Gasteiger partial charge >= 0.3 is 11.9 Å². The van der Waals surface area contributed by atoms with E-state index in [0.29, 0.717) is 23.0 Å². The van der Waals surface area contributed by atoms with Gasteiger partial charge in [0.05, 0.1) is 18.2 Å². The average Bonchev–Trinajstić information content (AvgIpc) is 3.55. The molecule has 0 amide bonds. The first-order valence-electron chi connectivity index (χ1n) is 13.1. The Labute approximate surface area is 217 Å². The zero-order valence-electron chi connectivity index (χ0n) is 21.7. The minimum absolute atomic E-state index is 0.129. The highest BCUT2D eigenvalue weighted by Crippen LogP contribution is 2.62. The Balaban J connectivity index is 1.30. The van der Waals surface area contributed by atoms with Crippen LogP contribution in [0.1, 0.15) is 60.9 Å². The maximum atomic E-state index is 13.3. The summed E-state index contributed by atoms with van der Waals surface area (Å²) in [4.78, 5) is 26.6. The van der Waals surface area contributed by atoms with Gasteiger partial charge in [0.1, 0.15) is 18.0 Å². The van der Waals surface area contributed by atoms with E-state index in [0.717, 1.165) is 35.3 Å². The van der Waals surface area contributed by atoms with Crippen molar-refractivity contribution in [2.45, 2.75) is 51.7 Å². The number of aryl methyl sites for hydroxylation is 3. The van der Waals surface area contributed by atoms with E-state index < -0.39 is 12.2 Å². The molecular formula is C32H32O5. The molecule has 6 atom stereocenters. The second-order valence-corrected chi connectivity index (χ2v) is 10.9. The summed E-state index contributed by atoms with van der Waals surface area (Å²) in [7, 11) is 1.61. The summed E-state index contributed by atoms with van der Waals surface area (Å²) >= 11 is 0. The fourth-order valence-corrected chi connectivity index (χ4v) is 7.03. The summed E-state index contributed by atoms with van der Waals surface area (Å²) in [6.45, 7) is 5.92. The zero-order chi connectivity index (χ0) is 25.8. The fraction of sp³-hybridized carbons (Fsp3) is 0.375. The third-order valence-corrected chi connectivity index (χ3v) is 8.91. The lowest BCUT2D eigenvalue weighted by atomic mass is 9.76. The van der Waals surface area contributed by atoms with E-state index in [-0.39, 0.29) is 23.8 Å². The highest BCUT2D eigenvalue weighted by molar-refractivity contribution is 5.91. The fourth-order valence-electron chi connectivity index (χ4n) is 7.03. The van der Waals surface area contributed by atoms with Crippen LogP contribution in [-0.2, 0) is 15.9 Å². The normalized spacial score (nSPS) is 26.9. The van der Waals surface area contributed by atoms with Crippen molar-refractivity contribution in [3.05, 3.63) is 99.6 Å². The Hall–Kier alpha value is -3.60. The number of benzene rings is 3. The molecule has 3 aliphatic rings. The van der Waals surface area contributed by atoms with Crippen LogP contribution in [0.25, 0.3) is 0 Å². The van der Waals surface area contributed by atoms with Gasteiger partial charge in [-0.2, -0.15) is 0 Å². The molecule has 0 N–H and O–H groups in total. The second kappa shape index (κ2) is 9.05. The van der Waals surface area contributed by atoms with Crippen molar-refractivity contribution in [3.8, 4) is 5.75 Å². The average molecular weight is 497 g/mol. The van der Waals surface area contributed by atoms with E-state index in [1.165, 1.54) is 11.1 Å². The van der Waals surface area contributed by atoms with Crippen LogP contribution in [0.4, 0.5) is 0 Å². The largest absolute Gasteiger partial charge is 0.496 e. The quantitative estimate of drug-likeness (QED) is 0.407. The number of ether oxygens (including phenoxy) is 3. The summed E-state index contributed by atoms with van der Waals surface area (Å²) in [6.07, 6.45) is 0.935. The smallest absolute Gasteiger partial charge is 0.338 e. The number of methoxy groups -OCH3 is 1. The lowest BCUT2D eigenvalue weighted by molar-refractivity contribution is -0.0698. The van der Waals surface area contributed by atoms with Crippen molar-refractivity contribution in [3.63, 3.8) is 0 Å². The Bertz CT molecular complexity index is 1390. The first-order valence-corrected chi connectivity index (χ1v) is 13.1. The minimum atomic E-state index is -0.477. The maximum absolute atomic E-state index is 13.3. The van der Waals surface area contributed by atoms with Gasteiger partial charge in [-0.15, -0.1) is 0 Å². The molecular weight excluding hydrogens is 464 g/mol. The van der Waals surface area contributed by atoms with E-state index >= 15 is 0 Å². The Morgan fingerprint density at radius 3 is 2.05 bits per heavy atom. The van der Waals surface area contributed by atoms with Crippen LogP contribution in [0.2, 0.25) is 0 Å². The van der Waals surface area contributed by atoms with Crippen molar-refractivity contribution in [2.75, 3.05) is 7.11 Å².